The Morgan fingerprint density at radius 1 is 1.12 bits per heavy atom. The van der Waals surface area contributed by atoms with Gasteiger partial charge < -0.3 is 15.2 Å². The summed E-state index contributed by atoms with van der Waals surface area (Å²) in [5, 5.41) is 12.2. The molecule has 4 rings (SSSR count). The summed E-state index contributed by atoms with van der Waals surface area (Å²) in [7, 11) is 0. The largest absolute Gasteiger partial charge is 0.480 e. The maximum absolute atomic E-state index is 12.0. The van der Waals surface area contributed by atoms with Crippen LogP contribution >= 0.6 is 0 Å². The summed E-state index contributed by atoms with van der Waals surface area (Å²) >= 11 is 0. The van der Waals surface area contributed by atoms with Gasteiger partial charge in [0, 0.05) is 5.41 Å². The predicted octanol–water partition coefficient (Wildman–Crippen LogP) is 4.21. The smallest absolute Gasteiger partial charge is 0.408 e. The number of hydrogen-bond acceptors (Lipinski definition) is 3. The monoisotopic (exact) mass is 359 g/mol. The van der Waals surface area contributed by atoms with Gasteiger partial charge in [-0.05, 0) is 62.5 Å². The second kappa shape index (κ2) is 6.00. The van der Waals surface area contributed by atoms with Crippen molar-refractivity contribution in [1.29, 1.82) is 0 Å². The zero-order chi connectivity index (χ0) is 19.3. The third kappa shape index (κ3) is 3.19. The van der Waals surface area contributed by atoms with Gasteiger partial charge in [-0.1, -0.05) is 38.1 Å². The van der Waals surface area contributed by atoms with E-state index in [9.17, 15) is 14.7 Å². The summed E-state index contributed by atoms with van der Waals surface area (Å²) < 4.78 is 5.23. The number of carbonyl (C=O) groups is 2. The maximum atomic E-state index is 12.0. The van der Waals surface area contributed by atoms with E-state index in [0.29, 0.717) is 5.92 Å². The standard InChI is InChI=1S/C21H29NO4/c1-13(2)14-6-8-15(9-7-14)20-10-21(11-20,12-20)16(17(23)24)22-18(25)26-19(3,4)5/h6-9,13,16H,10-12H2,1-5H3,(H,22,25)(H,23,24). The number of alkyl carbamates (subject to hydrolysis) is 1. The molecule has 0 heterocycles. The molecule has 142 valence electrons. The number of carboxylic acid groups (broad SMARTS) is 1. The van der Waals surface area contributed by atoms with Crippen molar-refractivity contribution in [2.75, 3.05) is 0 Å². The van der Waals surface area contributed by atoms with E-state index in [-0.39, 0.29) is 10.8 Å². The average molecular weight is 359 g/mol. The highest BCUT2D eigenvalue weighted by molar-refractivity contribution is 5.82. The Bertz CT molecular complexity index is 695. The molecule has 5 nitrogen and oxygen atoms in total. The van der Waals surface area contributed by atoms with Crippen LogP contribution in [0, 0.1) is 5.41 Å². The quantitative estimate of drug-likeness (QED) is 0.826. The van der Waals surface area contributed by atoms with Gasteiger partial charge in [-0.15, -0.1) is 0 Å². The van der Waals surface area contributed by atoms with Crippen molar-refractivity contribution in [3.05, 3.63) is 35.4 Å². The molecule has 5 heteroatoms. The number of hydrogen-bond donors (Lipinski definition) is 2. The maximum Gasteiger partial charge on any atom is 0.408 e. The van der Waals surface area contributed by atoms with Crippen molar-refractivity contribution in [3.8, 4) is 0 Å². The van der Waals surface area contributed by atoms with E-state index in [4.69, 9.17) is 4.74 Å². The van der Waals surface area contributed by atoms with E-state index in [1.54, 1.807) is 20.8 Å². The van der Waals surface area contributed by atoms with Crippen LogP contribution in [-0.4, -0.2) is 28.8 Å². The first kappa shape index (κ1) is 18.7. The second-order valence-electron chi connectivity index (χ2n) is 9.37. The van der Waals surface area contributed by atoms with E-state index in [0.717, 1.165) is 19.3 Å². The van der Waals surface area contributed by atoms with Crippen LogP contribution in [0.15, 0.2) is 24.3 Å². The zero-order valence-corrected chi connectivity index (χ0v) is 16.3. The first-order valence-electron chi connectivity index (χ1n) is 9.29. The first-order chi connectivity index (χ1) is 12.0. The van der Waals surface area contributed by atoms with Crippen LogP contribution in [0.1, 0.15) is 70.9 Å². The van der Waals surface area contributed by atoms with Crippen LogP contribution < -0.4 is 5.32 Å². The minimum Gasteiger partial charge on any atom is -0.480 e. The van der Waals surface area contributed by atoms with Gasteiger partial charge in [0.25, 0.3) is 0 Å². The molecule has 1 aromatic carbocycles. The number of benzene rings is 1. The Labute approximate surface area is 155 Å². The van der Waals surface area contributed by atoms with Gasteiger partial charge in [-0.2, -0.15) is 0 Å². The van der Waals surface area contributed by atoms with E-state index in [1.165, 1.54) is 11.1 Å². The van der Waals surface area contributed by atoms with Crippen molar-refractivity contribution < 1.29 is 19.4 Å². The topological polar surface area (TPSA) is 75.6 Å². The van der Waals surface area contributed by atoms with Gasteiger partial charge in [0.1, 0.15) is 11.6 Å². The molecule has 0 saturated heterocycles. The molecule has 3 fully saturated rings. The molecule has 2 N–H and O–H groups in total. The molecular formula is C21H29NO4. The fourth-order valence-corrected chi connectivity index (χ4v) is 4.60. The average Bonchev–Trinajstić information content (AvgIpc) is 2.41. The lowest BCUT2D eigenvalue weighted by Gasteiger charge is -2.72. The Morgan fingerprint density at radius 3 is 2.08 bits per heavy atom. The lowest BCUT2D eigenvalue weighted by atomic mass is 9.31. The number of rotatable bonds is 5. The molecule has 0 aliphatic heterocycles. The van der Waals surface area contributed by atoms with Gasteiger partial charge in [0.2, 0.25) is 0 Å². The molecule has 1 atom stereocenters. The van der Waals surface area contributed by atoms with Crippen LogP contribution in [-0.2, 0) is 14.9 Å². The number of nitrogens with one attached hydrogen (secondary N) is 1. The number of ether oxygens (including phenoxy) is 1. The van der Waals surface area contributed by atoms with E-state index in [1.807, 2.05) is 0 Å². The molecule has 1 unspecified atom stereocenters. The third-order valence-electron chi connectivity index (χ3n) is 5.78. The van der Waals surface area contributed by atoms with Gasteiger partial charge >= 0.3 is 12.1 Å². The summed E-state index contributed by atoms with van der Waals surface area (Å²) in [4.78, 5) is 23.8. The molecule has 26 heavy (non-hydrogen) atoms. The molecule has 0 radical (unpaired) electrons. The lowest BCUT2D eigenvalue weighted by molar-refractivity contribution is -0.183. The lowest BCUT2D eigenvalue weighted by Crippen LogP contribution is -2.73. The Hall–Kier alpha value is -2.04. The van der Waals surface area contributed by atoms with Gasteiger partial charge in [-0.25, -0.2) is 9.59 Å². The summed E-state index contributed by atoms with van der Waals surface area (Å²) in [5.41, 5.74) is 1.68. The second-order valence-corrected chi connectivity index (χ2v) is 9.37. The van der Waals surface area contributed by atoms with Gasteiger partial charge in [-0.3, -0.25) is 0 Å². The van der Waals surface area contributed by atoms with Crippen molar-refractivity contribution >= 4 is 12.1 Å². The molecule has 0 spiro atoms. The molecule has 3 aliphatic carbocycles. The number of carbonyl (C=O) groups excluding carboxylic acids is 1. The highest BCUT2D eigenvalue weighted by atomic mass is 16.6. The number of amides is 1. The minimum absolute atomic E-state index is 0.0822. The highest BCUT2D eigenvalue weighted by Gasteiger charge is 2.72. The Balaban J connectivity index is 1.66. The van der Waals surface area contributed by atoms with Crippen LogP contribution in [0.3, 0.4) is 0 Å². The normalized spacial score (nSPS) is 27.9. The van der Waals surface area contributed by atoms with Crippen molar-refractivity contribution in [1.82, 2.24) is 5.32 Å². The first-order valence-corrected chi connectivity index (χ1v) is 9.29. The fourth-order valence-electron chi connectivity index (χ4n) is 4.60. The molecule has 1 amide bonds. The highest BCUT2D eigenvalue weighted by Crippen LogP contribution is 2.75. The summed E-state index contributed by atoms with van der Waals surface area (Å²) in [6, 6.07) is 7.79. The zero-order valence-electron chi connectivity index (χ0n) is 16.3. The molecule has 2 bridgehead atoms. The van der Waals surface area contributed by atoms with E-state index in [2.05, 4.69) is 43.4 Å². The molecule has 3 aliphatic rings. The van der Waals surface area contributed by atoms with Crippen LogP contribution in [0.25, 0.3) is 0 Å². The van der Waals surface area contributed by atoms with E-state index >= 15 is 0 Å². The summed E-state index contributed by atoms with van der Waals surface area (Å²) in [5.74, 6) is -0.489. The third-order valence-corrected chi connectivity index (χ3v) is 5.78. The number of carboxylic acids is 1. The number of aliphatic carboxylic acids is 1. The summed E-state index contributed by atoms with van der Waals surface area (Å²) in [6.07, 6.45) is 1.74. The van der Waals surface area contributed by atoms with Gasteiger partial charge in [0.15, 0.2) is 0 Å². The molecule has 3 saturated carbocycles. The van der Waals surface area contributed by atoms with Crippen molar-refractivity contribution in [2.45, 2.75) is 76.9 Å². The molecule has 1 aromatic rings. The SMILES string of the molecule is CC(C)c1ccc(C23CC(C(NC(=O)OC(C)(C)C)C(=O)O)(C2)C3)cc1. The summed E-state index contributed by atoms with van der Waals surface area (Å²) in [6.45, 7) is 9.63. The Morgan fingerprint density at radius 2 is 1.65 bits per heavy atom. The van der Waals surface area contributed by atoms with Crippen LogP contribution in [0.2, 0.25) is 0 Å². The van der Waals surface area contributed by atoms with Crippen LogP contribution in [0.5, 0.6) is 0 Å². The van der Waals surface area contributed by atoms with Crippen molar-refractivity contribution in [3.63, 3.8) is 0 Å². The van der Waals surface area contributed by atoms with Crippen molar-refractivity contribution in [2.24, 2.45) is 5.41 Å². The Kier molecular flexibility index (Phi) is 4.32. The predicted molar refractivity (Wildman–Crippen MR) is 99.3 cm³/mol. The van der Waals surface area contributed by atoms with Gasteiger partial charge in [0.05, 0.1) is 0 Å². The fraction of sp³-hybridized carbons (Fsp3) is 0.619. The molecular weight excluding hydrogens is 330 g/mol. The molecule has 0 aromatic heterocycles. The minimum atomic E-state index is -0.987. The van der Waals surface area contributed by atoms with E-state index < -0.39 is 23.7 Å². The van der Waals surface area contributed by atoms with Crippen LogP contribution in [0.4, 0.5) is 4.79 Å².